The molecule has 7 atom stereocenters. The van der Waals surface area contributed by atoms with E-state index in [-0.39, 0.29) is 18.4 Å². The lowest BCUT2D eigenvalue weighted by molar-refractivity contribution is -0.137. The fourth-order valence-electron chi connectivity index (χ4n) is 6.40. The number of fused-ring (bicyclic) bond motifs is 1. The Morgan fingerprint density at radius 3 is 2.63 bits per heavy atom. The molecular weight excluding hydrogens is 376 g/mol. The standard InChI is InChI=1S/C26H42O4/c1-6-18(3)24-25(5,30-24)26(29)19(4)16-20-15-17(2)13-14-21(20)22(26)11-9-7-8-10-12-23(27)28/h13,16,18,20-22,24,29H,6-12,14-15H2,1-5H3,(H,27,28)/t18-,20+,21-,22+,24-,25+,26+/m1/s1. The molecule has 0 aromatic carbocycles. The van der Waals surface area contributed by atoms with E-state index in [0.29, 0.717) is 17.8 Å². The highest BCUT2D eigenvalue weighted by molar-refractivity contribution is 5.66. The molecule has 0 bridgehead atoms. The molecule has 1 heterocycles. The zero-order chi connectivity index (χ0) is 22.1. The minimum absolute atomic E-state index is 0.117. The molecule has 3 aliphatic rings. The predicted molar refractivity (Wildman–Crippen MR) is 120 cm³/mol. The van der Waals surface area contributed by atoms with Gasteiger partial charge in [0.1, 0.15) is 11.2 Å². The van der Waals surface area contributed by atoms with Crippen LogP contribution in [0, 0.1) is 23.7 Å². The summed E-state index contributed by atoms with van der Waals surface area (Å²) in [6, 6.07) is 0. The average molecular weight is 419 g/mol. The lowest BCUT2D eigenvalue weighted by Crippen LogP contribution is -2.58. The molecule has 0 spiro atoms. The maximum Gasteiger partial charge on any atom is 0.303 e. The van der Waals surface area contributed by atoms with E-state index in [4.69, 9.17) is 9.84 Å². The Morgan fingerprint density at radius 1 is 1.27 bits per heavy atom. The van der Waals surface area contributed by atoms with Gasteiger partial charge in [0.05, 0.1) is 6.10 Å². The van der Waals surface area contributed by atoms with Gasteiger partial charge in [0.2, 0.25) is 0 Å². The van der Waals surface area contributed by atoms with Crippen molar-refractivity contribution in [1.82, 2.24) is 0 Å². The van der Waals surface area contributed by atoms with Gasteiger partial charge in [-0.05, 0) is 75.7 Å². The van der Waals surface area contributed by atoms with Crippen molar-refractivity contribution < 1.29 is 19.7 Å². The summed E-state index contributed by atoms with van der Waals surface area (Å²) in [6.45, 7) is 10.9. The molecule has 0 unspecified atom stereocenters. The molecule has 1 aliphatic heterocycles. The summed E-state index contributed by atoms with van der Waals surface area (Å²) in [5.41, 5.74) is 1.15. The third-order valence-corrected chi connectivity index (χ3v) is 8.40. The number of hydrogen-bond donors (Lipinski definition) is 2. The summed E-state index contributed by atoms with van der Waals surface area (Å²) in [5, 5.41) is 21.2. The molecule has 1 saturated heterocycles. The number of hydrogen-bond acceptors (Lipinski definition) is 3. The van der Waals surface area contributed by atoms with Crippen molar-refractivity contribution in [3.05, 3.63) is 23.3 Å². The van der Waals surface area contributed by atoms with Crippen LogP contribution in [-0.2, 0) is 9.53 Å². The van der Waals surface area contributed by atoms with E-state index >= 15 is 0 Å². The molecule has 2 aliphatic carbocycles. The average Bonchev–Trinajstić information content (AvgIpc) is 3.39. The molecule has 0 saturated carbocycles. The van der Waals surface area contributed by atoms with Crippen LogP contribution in [0.25, 0.3) is 0 Å². The van der Waals surface area contributed by atoms with Crippen LogP contribution in [0.15, 0.2) is 23.3 Å². The summed E-state index contributed by atoms with van der Waals surface area (Å²) in [4.78, 5) is 10.8. The highest BCUT2D eigenvalue weighted by Crippen LogP contribution is 2.60. The Balaban J connectivity index is 1.78. The second-order valence-corrected chi connectivity index (χ2v) is 10.4. The van der Waals surface area contributed by atoms with Crippen molar-refractivity contribution in [2.24, 2.45) is 23.7 Å². The van der Waals surface area contributed by atoms with Gasteiger partial charge in [0.15, 0.2) is 0 Å². The van der Waals surface area contributed by atoms with Crippen molar-refractivity contribution in [1.29, 1.82) is 0 Å². The summed E-state index contributed by atoms with van der Waals surface area (Å²) < 4.78 is 6.30. The second kappa shape index (κ2) is 9.16. The minimum atomic E-state index is -0.914. The summed E-state index contributed by atoms with van der Waals surface area (Å²) in [7, 11) is 0. The van der Waals surface area contributed by atoms with Crippen LogP contribution in [-0.4, -0.2) is 33.5 Å². The van der Waals surface area contributed by atoms with Crippen molar-refractivity contribution in [2.45, 2.75) is 110 Å². The molecule has 170 valence electrons. The number of rotatable bonds is 10. The molecule has 30 heavy (non-hydrogen) atoms. The van der Waals surface area contributed by atoms with Gasteiger partial charge in [-0.15, -0.1) is 0 Å². The second-order valence-electron chi connectivity index (χ2n) is 10.4. The summed E-state index contributed by atoms with van der Waals surface area (Å²) >= 11 is 0. The van der Waals surface area contributed by atoms with Crippen LogP contribution in [0.5, 0.6) is 0 Å². The van der Waals surface area contributed by atoms with E-state index in [9.17, 15) is 9.90 Å². The van der Waals surface area contributed by atoms with E-state index in [1.54, 1.807) is 0 Å². The van der Waals surface area contributed by atoms with Gasteiger partial charge < -0.3 is 14.9 Å². The van der Waals surface area contributed by atoms with Gasteiger partial charge in [-0.2, -0.15) is 0 Å². The molecule has 4 heteroatoms. The predicted octanol–water partition coefficient (Wildman–Crippen LogP) is 5.89. The maximum atomic E-state index is 12.3. The van der Waals surface area contributed by atoms with Crippen LogP contribution in [0.2, 0.25) is 0 Å². The minimum Gasteiger partial charge on any atom is -0.481 e. The normalized spacial score (nSPS) is 39.0. The van der Waals surface area contributed by atoms with E-state index < -0.39 is 17.2 Å². The van der Waals surface area contributed by atoms with Crippen molar-refractivity contribution in [3.63, 3.8) is 0 Å². The maximum absolute atomic E-state index is 12.3. The number of unbranched alkanes of at least 4 members (excludes halogenated alkanes) is 3. The lowest BCUT2D eigenvalue weighted by Gasteiger charge is -2.51. The van der Waals surface area contributed by atoms with Gasteiger partial charge in [-0.25, -0.2) is 0 Å². The zero-order valence-corrected chi connectivity index (χ0v) is 19.6. The molecule has 2 N–H and O–H groups in total. The van der Waals surface area contributed by atoms with Crippen LogP contribution >= 0.6 is 0 Å². The highest BCUT2D eigenvalue weighted by Gasteiger charge is 2.70. The third-order valence-electron chi connectivity index (χ3n) is 8.40. The SMILES string of the molecule is CC[C@@H](C)[C@H]1O[C@]1(C)[C@]1(O)C(C)=C[C@@H]2CC(C)=CC[C@H]2[C@@H]1CCCCCCC(=O)O. The van der Waals surface area contributed by atoms with Gasteiger partial charge >= 0.3 is 5.97 Å². The van der Waals surface area contributed by atoms with Gasteiger partial charge in [-0.3, -0.25) is 4.79 Å². The van der Waals surface area contributed by atoms with E-state index in [1.165, 1.54) is 5.57 Å². The lowest BCUT2D eigenvalue weighted by atomic mass is 9.55. The fraction of sp³-hybridized carbons (Fsp3) is 0.808. The van der Waals surface area contributed by atoms with Gasteiger partial charge in [0.25, 0.3) is 0 Å². The van der Waals surface area contributed by atoms with Gasteiger partial charge in [0, 0.05) is 6.42 Å². The molecule has 0 radical (unpaired) electrons. The van der Waals surface area contributed by atoms with Crippen LogP contribution < -0.4 is 0 Å². The number of carbonyl (C=O) groups is 1. The molecule has 0 aromatic rings. The monoisotopic (exact) mass is 418 g/mol. The Hall–Kier alpha value is -1.13. The Labute approximate surface area is 182 Å². The summed E-state index contributed by atoms with van der Waals surface area (Å²) in [5.74, 6) is 0.890. The Morgan fingerprint density at radius 2 is 1.97 bits per heavy atom. The molecule has 4 nitrogen and oxygen atoms in total. The Kier molecular flexibility index (Phi) is 7.18. The number of ether oxygens (including phenoxy) is 1. The fourth-order valence-corrected chi connectivity index (χ4v) is 6.40. The first-order valence-corrected chi connectivity index (χ1v) is 12.1. The zero-order valence-electron chi connectivity index (χ0n) is 19.6. The number of aliphatic carboxylic acids is 1. The molecule has 3 rings (SSSR count). The summed E-state index contributed by atoms with van der Waals surface area (Å²) in [6.07, 6.45) is 13.0. The molecular formula is C26H42O4. The van der Waals surface area contributed by atoms with E-state index in [1.807, 2.05) is 0 Å². The first kappa shape index (κ1) is 23.5. The van der Waals surface area contributed by atoms with Crippen molar-refractivity contribution in [3.8, 4) is 0 Å². The van der Waals surface area contributed by atoms with E-state index in [0.717, 1.165) is 56.9 Å². The smallest absolute Gasteiger partial charge is 0.303 e. The van der Waals surface area contributed by atoms with Gasteiger partial charge in [-0.1, -0.05) is 57.3 Å². The largest absolute Gasteiger partial charge is 0.481 e. The number of allylic oxidation sites excluding steroid dienone is 3. The number of aliphatic hydroxyl groups is 1. The van der Waals surface area contributed by atoms with Crippen molar-refractivity contribution >= 4 is 5.97 Å². The molecule has 1 fully saturated rings. The molecule has 0 amide bonds. The third kappa shape index (κ3) is 4.27. The number of epoxide rings is 1. The van der Waals surface area contributed by atoms with Crippen LogP contribution in [0.1, 0.15) is 92.4 Å². The first-order chi connectivity index (χ1) is 14.1. The molecule has 0 aromatic heterocycles. The Bertz CT molecular complexity index is 695. The highest BCUT2D eigenvalue weighted by atomic mass is 16.6. The van der Waals surface area contributed by atoms with Crippen molar-refractivity contribution in [2.75, 3.05) is 0 Å². The number of carboxylic acids is 1. The van der Waals surface area contributed by atoms with E-state index in [2.05, 4.69) is 46.8 Å². The topological polar surface area (TPSA) is 70.1 Å². The quantitative estimate of drug-likeness (QED) is 0.263. The number of carboxylic acid groups (broad SMARTS) is 1. The van der Waals surface area contributed by atoms with Crippen LogP contribution in [0.3, 0.4) is 0 Å². The first-order valence-electron chi connectivity index (χ1n) is 12.1. The van der Waals surface area contributed by atoms with Crippen LogP contribution in [0.4, 0.5) is 0 Å².